The van der Waals surface area contributed by atoms with Crippen molar-refractivity contribution in [1.29, 1.82) is 0 Å². The summed E-state index contributed by atoms with van der Waals surface area (Å²) in [4.78, 5) is 34.5. The monoisotopic (exact) mass is 240 g/mol. The summed E-state index contributed by atoms with van der Waals surface area (Å²) in [5.41, 5.74) is -1.37. The van der Waals surface area contributed by atoms with Crippen molar-refractivity contribution in [1.82, 2.24) is 0 Å². The van der Waals surface area contributed by atoms with Crippen molar-refractivity contribution in [2.45, 2.75) is 12.8 Å². The Morgan fingerprint density at radius 2 is 1.65 bits per heavy atom. The Kier molecular flexibility index (Phi) is 4.04. The van der Waals surface area contributed by atoms with E-state index >= 15 is 0 Å². The molecule has 0 heterocycles. The van der Waals surface area contributed by atoms with Crippen LogP contribution in [0.25, 0.3) is 0 Å². The smallest absolute Gasteiger partial charge is 0.323 e. The number of carbonyl (C=O) groups excluding carboxylic acids is 3. The summed E-state index contributed by atoms with van der Waals surface area (Å²) in [7, 11) is 2.42. The van der Waals surface area contributed by atoms with Gasteiger partial charge in [-0.2, -0.15) is 0 Å². The first-order valence-corrected chi connectivity index (χ1v) is 5.30. The molecule has 0 aromatic heterocycles. The molecular formula is C12H16O5. The van der Waals surface area contributed by atoms with Gasteiger partial charge in [0.1, 0.15) is 6.29 Å². The number of methoxy groups -OCH3 is 2. The van der Waals surface area contributed by atoms with Gasteiger partial charge >= 0.3 is 11.9 Å². The van der Waals surface area contributed by atoms with Gasteiger partial charge in [0.05, 0.1) is 14.2 Å². The largest absolute Gasteiger partial charge is 0.468 e. The molecule has 5 nitrogen and oxygen atoms in total. The van der Waals surface area contributed by atoms with Gasteiger partial charge in [-0.05, 0) is 18.8 Å². The summed E-state index contributed by atoms with van der Waals surface area (Å²) in [6.07, 6.45) is 2.67. The van der Waals surface area contributed by atoms with Crippen LogP contribution in [0.1, 0.15) is 12.8 Å². The third-order valence-corrected chi connectivity index (χ3v) is 3.35. The maximum Gasteiger partial charge on any atom is 0.323 e. The number of hydrogen-bond acceptors (Lipinski definition) is 5. The topological polar surface area (TPSA) is 69.7 Å². The van der Waals surface area contributed by atoms with Crippen molar-refractivity contribution in [3.05, 3.63) is 12.7 Å². The van der Waals surface area contributed by atoms with E-state index in [0.29, 0.717) is 0 Å². The first kappa shape index (κ1) is 13.4. The van der Waals surface area contributed by atoms with Crippen LogP contribution in [0.5, 0.6) is 0 Å². The van der Waals surface area contributed by atoms with Crippen molar-refractivity contribution in [2.24, 2.45) is 17.3 Å². The van der Waals surface area contributed by atoms with Crippen molar-refractivity contribution in [2.75, 3.05) is 14.2 Å². The fourth-order valence-electron chi connectivity index (χ4n) is 2.41. The molecule has 0 radical (unpaired) electrons. The predicted molar refractivity (Wildman–Crippen MR) is 58.9 cm³/mol. The lowest BCUT2D eigenvalue weighted by Crippen LogP contribution is -2.39. The lowest BCUT2D eigenvalue weighted by Gasteiger charge is -2.22. The van der Waals surface area contributed by atoms with Crippen LogP contribution in [-0.2, 0) is 23.9 Å². The number of carbonyl (C=O) groups is 3. The van der Waals surface area contributed by atoms with E-state index in [1.54, 1.807) is 6.08 Å². The van der Waals surface area contributed by atoms with Crippen molar-refractivity contribution in [3.8, 4) is 0 Å². The number of hydrogen-bond donors (Lipinski definition) is 0. The minimum absolute atomic E-state index is 0.118. The molecule has 17 heavy (non-hydrogen) atoms. The van der Waals surface area contributed by atoms with Gasteiger partial charge < -0.3 is 14.3 Å². The lowest BCUT2D eigenvalue weighted by molar-refractivity contribution is -0.168. The van der Waals surface area contributed by atoms with E-state index in [9.17, 15) is 14.4 Å². The number of aldehydes is 1. The van der Waals surface area contributed by atoms with E-state index in [1.807, 2.05) is 0 Å². The van der Waals surface area contributed by atoms with Crippen LogP contribution < -0.4 is 0 Å². The van der Waals surface area contributed by atoms with Gasteiger partial charge in [-0.15, -0.1) is 6.58 Å². The van der Waals surface area contributed by atoms with Crippen LogP contribution in [0.2, 0.25) is 0 Å². The summed E-state index contributed by atoms with van der Waals surface area (Å²) in [5, 5.41) is 0. The molecule has 0 spiro atoms. The molecule has 5 heteroatoms. The summed E-state index contributed by atoms with van der Waals surface area (Å²) in [5.74, 6) is -1.91. The molecular weight excluding hydrogens is 224 g/mol. The molecule has 0 N–H and O–H groups in total. The van der Waals surface area contributed by atoms with Gasteiger partial charge in [0, 0.05) is 5.92 Å². The van der Waals surface area contributed by atoms with Crippen LogP contribution in [0.4, 0.5) is 0 Å². The van der Waals surface area contributed by atoms with Crippen LogP contribution in [0.3, 0.4) is 0 Å². The Morgan fingerprint density at radius 3 is 1.94 bits per heavy atom. The molecule has 1 saturated carbocycles. The molecule has 0 bridgehead atoms. The molecule has 2 atom stereocenters. The van der Waals surface area contributed by atoms with Crippen LogP contribution in [0.15, 0.2) is 12.7 Å². The fraction of sp³-hybridized carbons (Fsp3) is 0.583. The Labute approximate surface area is 99.8 Å². The van der Waals surface area contributed by atoms with E-state index in [4.69, 9.17) is 0 Å². The zero-order valence-corrected chi connectivity index (χ0v) is 9.97. The van der Waals surface area contributed by atoms with Gasteiger partial charge in [-0.25, -0.2) is 0 Å². The Bertz CT molecular complexity index is 313. The van der Waals surface area contributed by atoms with Gasteiger partial charge in [-0.1, -0.05) is 6.08 Å². The molecule has 94 valence electrons. The molecule has 0 aromatic rings. The molecule has 0 amide bonds. The second kappa shape index (κ2) is 5.12. The maximum atomic E-state index is 11.8. The first-order valence-electron chi connectivity index (χ1n) is 5.30. The minimum Gasteiger partial charge on any atom is -0.468 e. The minimum atomic E-state index is -1.37. The van der Waals surface area contributed by atoms with E-state index in [-0.39, 0.29) is 18.8 Å². The molecule has 1 fully saturated rings. The highest BCUT2D eigenvalue weighted by Crippen LogP contribution is 2.47. The summed E-state index contributed by atoms with van der Waals surface area (Å²) in [6, 6.07) is 0. The fourth-order valence-corrected chi connectivity index (χ4v) is 2.41. The molecule has 0 saturated heterocycles. The Hall–Kier alpha value is -1.65. The van der Waals surface area contributed by atoms with Gasteiger partial charge in [0.2, 0.25) is 0 Å². The zero-order chi connectivity index (χ0) is 13.1. The second-order valence-corrected chi connectivity index (χ2v) is 4.17. The highest BCUT2D eigenvalue weighted by Gasteiger charge is 2.56. The molecule has 0 aromatic carbocycles. The summed E-state index contributed by atoms with van der Waals surface area (Å²) < 4.78 is 9.31. The van der Waals surface area contributed by atoms with Gasteiger partial charge in [0.15, 0.2) is 5.41 Å². The number of rotatable bonds is 4. The van der Waals surface area contributed by atoms with Gasteiger partial charge in [-0.3, -0.25) is 9.59 Å². The number of ether oxygens (including phenoxy) is 2. The summed E-state index contributed by atoms with van der Waals surface area (Å²) in [6.45, 7) is 3.61. The van der Waals surface area contributed by atoms with Crippen LogP contribution >= 0.6 is 0 Å². The molecule has 0 aliphatic heterocycles. The van der Waals surface area contributed by atoms with E-state index < -0.39 is 23.3 Å². The average molecular weight is 240 g/mol. The van der Waals surface area contributed by atoms with Crippen LogP contribution in [0, 0.1) is 17.3 Å². The molecule has 1 aliphatic rings. The summed E-state index contributed by atoms with van der Waals surface area (Å²) >= 11 is 0. The number of esters is 2. The Morgan fingerprint density at radius 1 is 1.18 bits per heavy atom. The quantitative estimate of drug-likeness (QED) is 0.313. The third kappa shape index (κ3) is 2.09. The van der Waals surface area contributed by atoms with Crippen molar-refractivity contribution >= 4 is 18.2 Å². The van der Waals surface area contributed by atoms with E-state index in [1.165, 1.54) is 14.2 Å². The normalized spacial score (nSPS) is 26.0. The van der Waals surface area contributed by atoms with E-state index in [2.05, 4.69) is 16.1 Å². The van der Waals surface area contributed by atoms with Crippen molar-refractivity contribution in [3.63, 3.8) is 0 Å². The van der Waals surface area contributed by atoms with Crippen molar-refractivity contribution < 1.29 is 23.9 Å². The molecule has 1 aliphatic carbocycles. The van der Waals surface area contributed by atoms with Gasteiger partial charge in [0.25, 0.3) is 0 Å². The van der Waals surface area contributed by atoms with Crippen LogP contribution in [-0.4, -0.2) is 32.4 Å². The van der Waals surface area contributed by atoms with E-state index in [0.717, 1.165) is 6.29 Å². The predicted octanol–water partition coefficient (Wildman–Crippen LogP) is 0.730. The maximum absolute atomic E-state index is 11.8. The SMILES string of the molecule is C=C[C@@H]1CC(C(=O)OC)(C(=O)OC)CC1C=O. The highest BCUT2D eigenvalue weighted by atomic mass is 16.5. The highest BCUT2D eigenvalue weighted by molar-refractivity contribution is 6.00. The zero-order valence-electron chi connectivity index (χ0n) is 9.97. The molecule has 1 unspecified atom stereocenters. The standard InChI is InChI=1S/C12H16O5/c1-4-8-5-12(10(14)16-2,11(15)17-3)6-9(8)7-13/h4,7-9H,1,5-6H2,2-3H3/t8-,9?/m1/s1. The Balaban J connectivity index is 3.10. The second-order valence-electron chi connectivity index (χ2n) is 4.17. The lowest BCUT2D eigenvalue weighted by atomic mass is 9.85. The third-order valence-electron chi connectivity index (χ3n) is 3.35. The molecule has 1 rings (SSSR count). The first-order chi connectivity index (χ1) is 8.05. The average Bonchev–Trinajstić information content (AvgIpc) is 2.76. The number of allylic oxidation sites excluding steroid dienone is 1.